The summed E-state index contributed by atoms with van der Waals surface area (Å²) < 4.78 is 18.1. The van der Waals surface area contributed by atoms with E-state index in [-0.39, 0.29) is 36.7 Å². The lowest BCUT2D eigenvalue weighted by Gasteiger charge is -2.18. The Balaban J connectivity index is 1.54. The normalized spacial score (nSPS) is 10.8. The highest BCUT2D eigenvalue weighted by molar-refractivity contribution is 5.87. The molecule has 2 aromatic heterocycles. The summed E-state index contributed by atoms with van der Waals surface area (Å²) >= 11 is 0. The van der Waals surface area contributed by atoms with Crippen LogP contribution < -0.4 is 25.8 Å². The van der Waals surface area contributed by atoms with Gasteiger partial charge in [0.15, 0.2) is 5.75 Å². The summed E-state index contributed by atoms with van der Waals surface area (Å²) in [6.07, 6.45) is -0.0333. The monoisotopic (exact) mass is 474 g/mol. The second-order valence-corrected chi connectivity index (χ2v) is 8.17. The Morgan fingerprint density at radius 3 is 2.57 bits per heavy atom. The fourth-order valence-electron chi connectivity index (χ4n) is 3.84. The van der Waals surface area contributed by atoms with E-state index in [1.165, 1.54) is 19.2 Å². The molecule has 0 atom stereocenters. The first-order chi connectivity index (χ1) is 16.9. The molecule has 0 aliphatic carbocycles. The van der Waals surface area contributed by atoms with Gasteiger partial charge in [0.05, 0.1) is 25.8 Å². The minimum absolute atomic E-state index is 0.0333. The number of hydrogen-bond donors (Lipinski definition) is 1. The summed E-state index contributed by atoms with van der Waals surface area (Å²) in [4.78, 5) is 37.6. The van der Waals surface area contributed by atoms with Crippen molar-refractivity contribution in [1.82, 2.24) is 9.88 Å². The number of methoxy groups -OCH3 is 1. The fourth-order valence-corrected chi connectivity index (χ4v) is 3.84. The maximum atomic E-state index is 12.8. The van der Waals surface area contributed by atoms with E-state index in [0.717, 1.165) is 11.3 Å². The number of carbonyl (C=O) groups excluding carboxylic acids is 1. The lowest BCUT2D eigenvalue weighted by Crippen LogP contribution is -2.28. The highest BCUT2D eigenvalue weighted by Crippen LogP contribution is 2.23. The second kappa shape index (κ2) is 10.3. The number of benzene rings is 2. The first-order valence-electron chi connectivity index (χ1n) is 11.1. The number of aryl methyl sites for hydroxylation is 1. The van der Waals surface area contributed by atoms with Crippen LogP contribution >= 0.6 is 0 Å². The average Bonchev–Trinajstić information content (AvgIpc) is 2.84. The van der Waals surface area contributed by atoms with Crippen molar-refractivity contribution in [3.63, 3.8) is 0 Å². The van der Waals surface area contributed by atoms with Crippen LogP contribution in [-0.2, 0) is 31.4 Å². The number of pyridine rings is 1. The number of rotatable bonds is 8. The second-order valence-electron chi connectivity index (χ2n) is 8.17. The van der Waals surface area contributed by atoms with Gasteiger partial charge in [-0.3, -0.25) is 9.59 Å². The Morgan fingerprint density at radius 2 is 1.83 bits per heavy atom. The molecule has 8 heteroatoms. The number of carbonyl (C=O) groups is 1. The summed E-state index contributed by atoms with van der Waals surface area (Å²) in [7, 11) is 3.34. The van der Waals surface area contributed by atoms with Gasteiger partial charge in [-0.1, -0.05) is 30.3 Å². The Kier molecular flexibility index (Phi) is 7.01. The van der Waals surface area contributed by atoms with Crippen molar-refractivity contribution in [2.24, 2.45) is 7.05 Å². The van der Waals surface area contributed by atoms with Crippen molar-refractivity contribution in [1.29, 1.82) is 0 Å². The molecule has 180 valence electrons. The molecular weight excluding hydrogens is 448 g/mol. The minimum atomic E-state index is -0.550. The molecule has 0 aliphatic heterocycles. The largest absolute Gasteiger partial charge is 0.497 e. The molecule has 0 radical (unpaired) electrons. The van der Waals surface area contributed by atoms with Crippen LogP contribution in [0.2, 0.25) is 0 Å². The smallest absolute Gasteiger partial charge is 0.336 e. The number of amides is 1. The lowest BCUT2D eigenvalue weighted by molar-refractivity contribution is -0.120. The van der Waals surface area contributed by atoms with Crippen molar-refractivity contribution in [3.05, 3.63) is 104 Å². The maximum Gasteiger partial charge on any atom is 0.336 e. The Hall–Kier alpha value is -4.33. The van der Waals surface area contributed by atoms with E-state index in [2.05, 4.69) is 5.32 Å². The number of fused-ring (bicyclic) bond motifs is 1. The summed E-state index contributed by atoms with van der Waals surface area (Å²) in [5, 5.41) is 3.50. The molecule has 4 rings (SSSR count). The number of nitrogens with one attached hydrogen (secondary N) is 1. The molecule has 8 nitrogen and oxygen atoms in total. The maximum absolute atomic E-state index is 12.8. The van der Waals surface area contributed by atoms with Crippen LogP contribution in [0, 0.1) is 6.92 Å². The standard InChI is InChI=1S/C27H26N2O6/c1-17-11-23(30)27(34-16-18-7-5-4-6-8-18)22(29(17)2)15-28-25(31)12-19-13-26(32)35-24-14-20(33-3)9-10-21(19)24/h4-11,13-14H,12,15-16H2,1-3H3,(H,28,31). The van der Waals surface area contributed by atoms with Gasteiger partial charge in [0.2, 0.25) is 11.3 Å². The molecule has 0 spiro atoms. The van der Waals surface area contributed by atoms with Crippen molar-refractivity contribution in [2.75, 3.05) is 7.11 Å². The molecule has 1 amide bonds. The summed E-state index contributed by atoms with van der Waals surface area (Å²) in [5.74, 6) is 0.432. The van der Waals surface area contributed by atoms with E-state index in [4.69, 9.17) is 13.9 Å². The Labute approximate surface area is 201 Å². The van der Waals surface area contributed by atoms with Gasteiger partial charge in [-0.05, 0) is 30.2 Å². The number of nitrogens with zero attached hydrogens (tertiary/aromatic N) is 1. The van der Waals surface area contributed by atoms with Crippen LogP contribution in [0.5, 0.6) is 11.5 Å². The molecule has 0 saturated carbocycles. The molecule has 1 N–H and O–H groups in total. The van der Waals surface area contributed by atoms with Gasteiger partial charge in [-0.15, -0.1) is 0 Å². The molecule has 0 unspecified atom stereocenters. The van der Waals surface area contributed by atoms with Crippen LogP contribution in [0.25, 0.3) is 11.0 Å². The zero-order chi connectivity index (χ0) is 24.9. The summed E-state index contributed by atoms with van der Waals surface area (Å²) in [6.45, 7) is 2.14. The topological polar surface area (TPSA) is 99.8 Å². The van der Waals surface area contributed by atoms with Gasteiger partial charge < -0.3 is 23.8 Å². The van der Waals surface area contributed by atoms with Crippen molar-refractivity contribution in [3.8, 4) is 11.5 Å². The van der Waals surface area contributed by atoms with Crippen LogP contribution in [0.4, 0.5) is 0 Å². The van der Waals surface area contributed by atoms with E-state index in [0.29, 0.717) is 28.0 Å². The van der Waals surface area contributed by atoms with Crippen LogP contribution in [0.1, 0.15) is 22.5 Å². The summed E-state index contributed by atoms with van der Waals surface area (Å²) in [5.41, 5.74) is 2.31. The molecule has 0 bridgehead atoms. The first kappa shape index (κ1) is 23.8. The Bertz CT molecular complexity index is 1490. The van der Waals surface area contributed by atoms with Crippen LogP contribution in [-0.4, -0.2) is 17.6 Å². The number of hydrogen-bond acceptors (Lipinski definition) is 6. The van der Waals surface area contributed by atoms with Crippen molar-refractivity contribution >= 4 is 16.9 Å². The molecule has 2 aromatic carbocycles. The predicted octanol–water partition coefficient (Wildman–Crippen LogP) is 3.25. The molecular formula is C27H26N2O6. The average molecular weight is 475 g/mol. The van der Waals surface area contributed by atoms with Gasteiger partial charge in [-0.2, -0.15) is 0 Å². The van der Waals surface area contributed by atoms with E-state index in [1.54, 1.807) is 18.2 Å². The SMILES string of the molecule is COc1ccc2c(CC(=O)NCc3c(OCc4ccccc4)c(=O)cc(C)n3C)cc(=O)oc2c1. The van der Waals surface area contributed by atoms with E-state index < -0.39 is 5.63 Å². The Morgan fingerprint density at radius 1 is 1.06 bits per heavy atom. The number of ether oxygens (including phenoxy) is 2. The van der Waals surface area contributed by atoms with Gasteiger partial charge in [0.25, 0.3) is 0 Å². The third-order valence-electron chi connectivity index (χ3n) is 5.83. The zero-order valence-corrected chi connectivity index (χ0v) is 19.8. The lowest BCUT2D eigenvalue weighted by atomic mass is 10.1. The van der Waals surface area contributed by atoms with Crippen LogP contribution in [0.3, 0.4) is 0 Å². The van der Waals surface area contributed by atoms with Crippen molar-refractivity contribution < 1.29 is 18.7 Å². The minimum Gasteiger partial charge on any atom is -0.497 e. The third-order valence-corrected chi connectivity index (χ3v) is 5.83. The van der Waals surface area contributed by atoms with E-state index >= 15 is 0 Å². The quantitative estimate of drug-likeness (QED) is 0.394. The van der Waals surface area contributed by atoms with Gasteiger partial charge in [-0.25, -0.2) is 4.79 Å². The molecule has 2 heterocycles. The highest BCUT2D eigenvalue weighted by atomic mass is 16.5. The van der Waals surface area contributed by atoms with Gasteiger partial charge in [0.1, 0.15) is 17.9 Å². The fraction of sp³-hybridized carbons (Fsp3) is 0.222. The summed E-state index contributed by atoms with van der Waals surface area (Å²) in [6, 6.07) is 17.5. The molecule has 0 fully saturated rings. The highest BCUT2D eigenvalue weighted by Gasteiger charge is 2.16. The van der Waals surface area contributed by atoms with Crippen LogP contribution in [0.15, 0.2) is 74.7 Å². The third kappa shape index (κ3) is 5.43. The predicted molar refractivity (Wildman–Crippen MR) is 132 cm³/mol. The number of aromatic nitrogens is 1. The van der Waals surface area contributed by atoms with Crippen molar-refractivity contribution in [2.45, 2.75) is 26.5 Å². The van der Waals surface area contributed by atoms with E-state index in [1.807, 2.05) is 48.9 Å². The zero-order valence-electron chi connectivity index (χ0n) is 19.8. The molecule has 4 aromatic rings. The van der Waals surface area contributed by atoms with Gasteiger partial charge >= 0.3 is 5.63 Å². The molecule has 35 heavy (non-hydrogen) atoms. The molecule has 0 saturated heterocycles. The van der Waals surface area contributed by atoms with Gasteiger partial charge in [0, 0.05) is 36.3 Å². The van der Waals surface area contributed by atoms with E-state index in [9.17, 15) is 14.4 Å². The molecule has 0 aliphatic rings. The first-order valence-corrected chi connectivity index (χ1v) is 11.1.